The van der Waals surface area contributed by atoms with Gasteiger partial charge in [0.05, 0.1) is 0 Å². The Kier molecular flexibility index (Phi) is 1.39. The van der Waals surface area contributed by atoms with Crippen molar-refractivity contribution in [1.29, 1.82) is 0 Å². The van der Waals surface area contributed by atoms with Crippen LogP contribution in [0.15, 0.2) is 12.7 Å². The molecule has 1 aliphatic rings. The molecule has 0 radical (unpaired) electrons. The van der Waals surface area contributed by atoms with Crippen LogP contribution in [0.3, 0.4) is 0 Å². The van der Waals surface area contributed by atoms with Crippen molar-refractivity contribution in [2.24, 2.45) is 17.1 Å². The van der Waals surface area contributed by atoms with Crippen molar-refractivity contribution in [2.75, 3.05) is 0 Å². The van der Waals surface area contributed by atoms with Crippen LogP contribution in [0.1, 0.15) is 20.3 Å². The van der Waals surface area contributed by atoms with E-state index in [0.29, 0.717) is 12.0 Å². The lowest BCUT2D eigenvalue weighted by molar-refractivity contribution is 0.611. The van der Waals surface area contributed by atoms with Crippen molar-refractivity contribution < 1.29 is 0 Å². The molecular formula is C8H15N. The van der Waals surface area contributed by atoms with Gasteiger partial charge in [0.2, 0.25) is 0 Å². The van der Waals surface area contributed by atoms with Gasteiger partial charge in [-0.3, -0.25) is 0 Å². The SMILES string of the molecule is C=CC1(C)C(N)C1CC. The molecular weight excluding hydrogens is 110 g/mol. The Labute approximate surface area is 56.9 Å². The van der Waals surface area contributed by atoms with E-state index in [9.17, 15) is 0 Å². The smallest absolute Gasteiger partial charge is 0.0168 e. The molecule has 9 heavy (non-hydrogen) atoms. The maximum absolute atomic E-state index is 5.79. The van der Waals surface area contributed by atoms with Crippen LogP contribution in [-0.2, 0) is 0 Å². The van der Waals surface area contributed by atoms with Crippen molar-refractivity contribution in [3.63, 3.8) is 0 Å². The van der Waals surface area contributed by atoms with E-state index in [-0.39, 0.29) is 5.41 Å². The van der Waals surface area contributed by atoms with E-state index in [1.807, 2.05) is 6.08 Å². The van der Waals surface area contributed by atoms with Crippen LogP contribution in [0.5, 0.6) is 0 Å². The van der Waals surface area contributed by atoms with Crippen LogP contribution in [0.2, 0.25) is 0 Å². The highest BCUT2D eigenvalue weighted by Crippen LogP contribution is 2.53. The zero-order chi connectivity index (χ0) is 7.07. The molecule has 0 heterocycles. The molecule has 1 saturated carbocycles. The highest BCUT2D eigenvalue weighted by molar-refractivity contribution is 5.19. The van der Waals surface area contributed by atoms with Crippen molar-refractivity contribution in [2.45, 2.75) is 26.3 Å². The highest BCUT2D eigenvalue weighted by Gasteiger charge is 2.55. The first-order chi connectivity index (χ1) is 4.16. The summed E-state index contributed by atoms with van der Waals surface area (Å²) in [6.07, 6.45) is 3.18. The van der Waals surface area contributed by atoms with Gasteiger partial charge in [0.15, 0.2) is 0 Å². The minimum Gasteiger partial charge on any atom is -0.327 e. The first kappa shape index (κ1) is 6.81. The van der Waals surface area contributed by atoms with E-state index in [1.165, 1.54) is 6.42 Å². The average molecular weight is 125 g/mol. The van der Waals surface area contributed by atoms with Crippen LogP contribution in [0.25, 0.3) is 0 Å². The highest BCUT2D eigenvalue weighted by atomic mass is 14.8. The molecule has 1 heteroatoms. The van der Waals surface area contributed by atoms with Crippen LogP contribution >= 0.6 is 0 Å². The second-order valence-electron chi connectivity index (χ2n) is 3.11. The third-order valence-corrected chi connectivity index (χ3v) is 2.72. The maximum atomic E-state index is 5.79. The first-order valence-electron chi connectivity index (χ1n) is 3.56. The van der Waals surface area contributed by atoms with Crippen LogP contribution in [0.4, 0.5) is 0 Å². The van der Waals surface area contributed by atoms with Crippen LogP contribution in [0, 0.1) is 11.3 Å². The van der Waals surface area contributed by atoms with Crippen LogP contribution < -0.4 is 5.73 Å². The second-order valence-corrected chi connectivity index (χ2v) is 3.11. The molecule has 1 rings (SSSR count). The molecule has 0 spiro atoms. The molecule has 0 saturated heterocycles. The fourth-order valence-corrected chi connectivity index (χ4v) is 1.64. The molecule has 1 nitrogen and oxygen atoms in total. The first-order valence-corrected chi connectivity index (χ1v) is 3.56. The Bertz CT molecular complexity index is 131. The molecule has 0 aliphatic heterocycles. The molecule has 3 unspecified atom stereocenters. The number of nitrogens with two attached hydrogens (primary N) is 1. The van der Waals surface area contributed by atoms with Crippen molar-refractivity contribution in [1.82, 2.24) is 0 Å². The minimum absolute atomic E-state index is 0.259. The van der Waals surface area contributed by atoms with Crippen molar-refractivity contribution in [3.8, 4) is 0 Å². The molecule has 1 fully saturated rings. The number of hydrogen-bond acceptors (Lipinski definition) is 1. The van der Waals surface area contributed by atoms with Gasteiger partial charge in [-0.1, -0.05) is 26.3 Å². The molecule has 2 N–H and O–H groups in total. The lowest BCUT2D eigenvalue weighted by Crippen LogP contribution is -2.07. The topological polar surface area (TPSA) is 26.0 Å². The summed E-state index contributed by atoms with van der Waals surface area (Å²) in [4.78, 5) is 0. The number of rotatable bonds is 2. The standard InChI is InChI=1S/C8H15N/c1-4-6-7(9)8(6,3)5-2/h5-7H,2,4,9H2,1,3H3. The summed E-state index contributed by atoms with van der Waals surface area (Å²) in [5.74, 6) is 0.690. The predicted molar refractivity (Wildman–Crippen MR) is 40.1 cm³/mol. The van der Waals surface area contributed by atoms with Gasteiger partial charge in [0.25, 0.3) is 0 Å². The van der Waals surface area contributed by atoms with E-state index in [4.69, 9.17) is 5.73 Å². The fourth-order valence-electron chi connectivity index (χ4n) is 1.64. The van der Waals surface area contributed by atoms with Crippen LogP contribution in [-0.4, -0.2) is 6.04 Å². The Morgan fingerprint density at radius 1 is 1.78 bits per heavy atom. The molecule has 52 valence electrons. The third-order valence-electron chi connectivity index (χ3n) is 2.72. The molecule has 3 atom stereocenters. The van der Waals surface area contributed by atoms with Gasteiger partial charge in [0.1, 0.15) is 0 Å². The summed E-state index contributed by atoms with van der Waals surface area (Å²) >= 11 is 0. The third kappa shape index (κ3) is 0.715. The normalized spacial score (nSPS) is 48.8. The lowest BCUT2D eigenvalue weighted by atomic mass is 10.1. The maximum Gasteiger partial charge on any atom is 0.0168 e. The monoisotopic (exact) mass is 125 g/mol. The molecule has 0 aromatic heterocycles. The minimum atomic E-state index is 0.259. The Balaban J connectivity index is 2.58. The summed E-state index contributed by atoms with van der Waals surface area (Å²) in [6.45, 7) is 8.12. The largest absolute Gasteiger partial charge is 0.327 e. The van der Waals surface area contributed by atoms with Crippen molar-refractivity contribution >= 4 is 0 Å². The predicted octanol–water partition coefficient (Wildman–Crippen LogP) is 1.55. The van der Waals surface area contributed by atoms with E-state index in [0.717, 1.165) is 0 Å². The van der Waals surface area contributed by atoms with Gasteiger partial charge in [-0.25, -0.2) is 0 Å². The molecule has 0 bridgehead atoms. The van der Waals surface area contributed by atoms with E-state index >= 15 is 0 Å². The quantitative estimate of drug-likeness (QED) is 0.557. The molecule has 0 amide bonds. The van der Waals surface area contributed by atoms with Gasteiger partial charge < -0.3 is 5.73 Å². The Hall–Kier alpha value is -0.300. The van der Waals surface area contributed by atoms with Gasteiger partial charge >= 0.3 is 0 Å². The Morgan fingerprint density at radius 2 is 2.33 bits per heavy atom. The van der Waals surface area contributed by atoms with Gasteiger partial charge in [-0.05, 0) is 5.92 Å². The summed E-state index contributed by atoms with van der Waals surface area (Å²) in [5, 5.41) is 0. The average Bonchev–Trinajstić information content (AvgIpc) is 2.38. The number of hydrogen-bond donors (Lipinski definition) is 1. The summed E-state index contributed by atoms with van der Waals surface area (Å²) < 4.78 is 0. The van der Waals surface area contributed by atoms with E-state index < -0.39 is 0 Å². The lowest BCUT2D eigenvalue weighted by Gasteiger charge is -1.99. The van der Waals surface area contributed by atoms with Gasteiger partial charge in [0, 0.05) is 11.5 Å². The van der Waals surface area contributed by atoms with Gasteiger partial charge in [-0.2, -0.15) is 0 Å². The molecule has 0 aromatic rings. The summed E-state index contributed by atoms with van der Waals surface area (Å²) in [7, 11) is 0. The van der Waals surface area contributed by atoms with Crippen molar-refractivity contribution in [3.05, 3.63) is 12.7 Å². The Morgan fingerprint density at radius 3 is 2.44 bits per heavy atom. The zero-order valence-electron chi connectivity index (χ0n) is 6.22. The van der Waals surface area contributed by atoms with Gasteiger partial charge in [-0.15, -0.1) is 6.58 Å². The van der Waals surface area contributed by atoms with E-state index in [1.54, 1.807) is 0 Å². The second kappa shape index (κ2) is 1.84. The molecule has 1 aliphatic carbocycles. The molecule has 0 aromatic carbocycles. The van der Waals surface area contributed by atoms with E-state index in [2.05, 4.69) is 20.4 Å². The summed E-state index contributed by atoms with van der Waals surface area (Å²) in [5.41, 5.74) is 6.05. The summed E-state index contributed by atoms with van der Waals surface area (Å²) in [6, 6.07) is 0.375. The fraction of sp³-hybridized carbons (Fsp3) is 0.750. The zero-order valence-corrected chi connectivity index (χ0v) is 6.22.